The maximum absolute atomic E-state index is 12.5. The van der Waals surface area contributed by atoms with Crippen LogP contribution in [0.4, 0.5) is 11.4 Å². The number of fused-ring (bicyclic) bond motifs is 2. The zero-order valence-electron chi connectivity index (χ0n) is 13.7. The van der Waals surface area contributed by atoms with Crippen LogP contribution in [0.3, 0.4) is 0 Å². The van der Waals surface area contributed by atoms with Gasteiger partial charge in [0.15, 0.2) is 0 Å². The van der Waals surface area contributed by atoms with Crippen LogP contribution >= 0.6 is 11.8 Å². The average molecular weight is 400 g/mol. The minimum atomic E-state index is -3.87. The van der Waals surface area contributed by atoms with E-state index in [1.807, 2.05) is 24.3 Å². The normalized spacial score (nSPS) is 12.4. The molecule has 0 amide bonds. The summed E-state index contributed by atoms with van der Waals surface area (Å²) in [5.41, 5.74) is 0.206. The fourth-order valence-corrected chi connectivity index (χ4v) is 4.59. The topological polar surface area (TPSA) is 98.5 Å². The minimum absolute atomic E-state index is 0.0555. The van der Waals surface area contributed by atoms with Gasteiger partial charge in [0.2, 0.25) is 0 Å². The summed E-state index contributed by atoms with van der Waals surface area (Å²) < 4.78 is 33.4. The van der Waals surface area contributed by atoms with Crippen molar-refractivity contribution in [2.75, 3.05) is 4.72 Å². The predicted octanol–water partition coefficient (Wildman–Crippen LogP) is 4.65. The van der Waals surface area contributed by atoms with Crippen molar-refractivity contribution in [1.82, 2.24) is 0 Å². The highest BCUT2D eigenvalue weighted by atomic mass is 32.2. The molecule has 1 aliphatic heterocycles. The molecule has 0 saturated carbocycles. The Bertz CT molecular complexity index is 1140. The smallest absolute Gasteiger partial charge is 0.269 e. The number of anilines is 1. The Kier molecular flexibility index (Phi) is 4.25. The van der Waals surface area contributed by atoms with Crippen LogP contribution in [0, 0.1) is 10.1 Å². The number of rotatable bonds is 4. The number of nitrogens with one attached hydrogen (secondary N) is 1. The molecular formula is C18H12N2O5S2. The molecule has 0 bridgehead atoms. The van der Waals surface area contributed by atoms with Crippen LogP contribution in [0.5, 0.6) is 11.5 Å². The lowest BCUT2D eigenvalue weighted by molar-refractivity contribution is -0.384. The van der Waals surface area contributed by atoms with Crippen LogP contribution in [0.2, 0.25) is 0 Å². The third kappa shape index (κ3) is 3.46. The van der Waals surface area contributed by atoms with Crippen LogP contribution in [0.25, 0.3) is 0 Å². The first-order valence-corrected chi connectivity index (χ1v) is 10.1. The maximum Gasteiger partial charge on any atom is 0.269 e. The van der Waals surface area contributed by atoms with E-state index in [0.717, 1.165) is 27.7 Å². The SMILES string of the molecule is O=[N+]([O-])c1ccc(S(=O)(=O)Nc2ccc3c(c2)Sc2ccccc2O3)cc1. The number of nitro benzene ring substituents is 1. The molecule has 0 aliphatic carbocycles. The number of para-hydroxylation sites is 1. The highest BCUT2D eigenvalue weighted by Gasteiger charge is 2.20. The zero-order valence-corrected chi connectivity index (χ0v) is 15.3. The number of ether oxygens (including phenoxy) is 1. The lowest BCUT2D eigenvalue weighted by atomic mass is 10.3. The van der Waals surface area contributed by atoms with E-state index in [0.29, 0.717) is 11.4 Å². The molecule has 0 radical (unpaired) electrons. The standard InChI is InChI=1S/C18H12N2O5S2/c21-20(22)13-6-8-14(9-7-13)27(23,24)19-12-5-10-16-18(11-12)26-17-4-2-1-3-15(17)25-16/h1-11,19H. The van der Waals surface area contributed by atoms with Crippen LogP contribution in [-0.2, 0) is 10.0 Å². The monoisotopic (exact) mass is 400 g/mol. The maximum atomic E-state index is 12.5. The van der Waals surface area contributed by atoms with Gasteiger partial charge in [0.1, 0.15) is 11.5 Å². The van der Waals surface area contributed by atoms with Crippen molar-refractivity contribution in [3.8, 4) is 11.5 Å². The van der Waals surface area contributed by atoms with Gasteiger partial charge in [0, 0.05) is 12.1 Å². The predicted molar refractivity (Wildman–Crippen MR) is 101 cm³/mol. The van der Waals surface area contributed by atoms with Crippen molar-refractivity contribution >= 4 is 33.2 Å². The number of nitro groups is 1. The Balaban J connectivity index is 1.59. The van der Waals surface area contributed by atoms with E-state index in [4.69, 9.17) is 4.74 Å². The molecule has 3 aromatic carbocycles. The number of nitrogens with zero attached hydrogens (tertiary/aromatic N) is 1. The summed E-state index contributed by atoms with van der Waals surface area (Å²) in [5.74, 6) is 1.41. The minimum Gasteiger partial charge on any atom is -0.455 e. The van der Waals surface area contributed by atoms with Gasteiger partial charge >= 0.3 is 0 Å². The van der Waals surface area contributed by atoms with E-state index in [-0.39, 0.29) is 10.6 Å². The quantitative estimate of drug-likeness (QED) is 0.395. The Morgan fingerprint density at radius 3 is 2.37 bits per heavy atom. The van der Waals surface area contributed by atoms with Crippen LogP contribution < -0.4 is 9.46 Å². The van der Waals surface area contributed by atoms with Gasteiger partial charge in [0.05, 0.1) is 25.3 Å². The van der Waals surface area contributed by atoms with E-state index < -0.39 is 14.9 Å². The summed E-state index contributed by atoms with van der Waals surface area (Å²) in [5, 5.41) is 10.7. The van der Waals surface area contributed by atoms with Gasteiger partial charge in [-0.05, 0) is 42.5 Å². The third-order valence-electron chi connectivity index (χ3n) is 3.84. The molecule has 1 aliphatic rings. The number of hydrogen-bond acceptors (Lipinski definition) is 6. The molecule has 0 aromatic heterocycles. The number of non-ortho nitro benzene ring substituents is 1. The Hall–Kier alpha value is -3.04. The number of sulfonamides is 1. The molecule has 0 saturated heterocycles. The molecule has 3 aromatic rings. The van der Waals surface area contributed by atoms with Crippen molar-refractivity contribution in [3.05, 3.63) is 76.8 Å². The molecule has 136 valence electrons. The molecule has 0 atom stereocenters. The van der Waals surface area contributed by atoms with Gasteiger partial charge < -0.3 is 4.74 Å². The molecular weight excluding hydrogens is 388 g/mol. The number of benzene rings is 3. The van der Waals surface area contributed by atoms with Crippen molar-refractivity contribution in [3.63, 3.8) is 0 Å². The summed E-state index contributed by atoms with van der Waals surface area (Å²) in [4.78, 5) is 11.8. The van der Waals surface area contributed by atoms with E-state index in [2.05, 4.69) is 4.72 Å². The molecule has 1 N–H and O–H groups in total. The van der Waals surface area contributed by atoms with Gasteiger partial charge in [0.25, 0.3) is 15.7 Å². The van der Waals surface area contributed by atoms with Crippen LogP contribution in [0.15, 0.2) is 81.4 Å². The summed E-state index contributed by atoms with van der Waals surface area (Å²) in [6, 6.07) is 17.3. The zero-order chi connectivity index (χ0) is 19.0. The second-order valence-corrected chi connectivity index (χ2v) is 8.44. The van der Waals surface area contributed by atoms with Gasteiger partial charge in [-0.1, -0.05) is 23.9 Å². The Labute approximate surface area is 159 Å². The van der Waals surface area contributed by atoms with Crippen LogP contribution in [-0.4, -0.2) is 13.3 Å². The Morgan fingerprint density at radius 2 is 1.63 bits per heavy atom. The van der Waals surface area contributed by atoms with Crippen molar-refractivity contribution in [2.24, 2.45) is 0 Å². The van der Waals surface area contributed by atoms with Gasteiger partial charge in [-0.25, -0.2) is 8.42 Å². The van der Waals surface area contributed by atoms with Crippen molar-refractivity contribution < 1.29 is 18.1 Å². The second kappa shape index (κ2) is 6.60. The molecule has 4 rings (SSSR count). The van der Waals surface area contributed by atoms with Gasteiger partial charge in [-0.3, -0.25) is 14.8 Å². The van der Waals surface area contributed by atoms with E-state index >= 15 is 0 Å². The van der Waals surface area contributed by atoms with Gasteiger partial charge in [-0.15, -0.1) is 0 Å². The van der Waals surface area contributed by atoms with Gasteiger partial charge in [-0.2, -0.15) is 0 Å². The second-order valence-electron chi connectivity index (χ2n) is 5.67. The Morgan fingerprint density at radius 1 is 0.926 bits per heavy atom. The van der Waals surface area contributed by atoms with Crippen molar-refractivity contribution in [1.29, 1.82) is 0 Å². The largest absolute Gasteiger partial charge is 0.455 e. The molecule has 9 heteroatoms. The fraction of sp³-hybridized carbons (Fsp3) is 0. The molecule has 27 heavy (non-hydrogen) atoms. The number of hydrogen-bond donors (Lipinski definition) is 1. The van der Waals surface area contributed by atoms with Crippen molar-refractivity contribution in [2.45, 2.75) is 14.7 Å². The van der Waals surface area contributed by atoms with E-state index in [1.54, 1.807) is 18.2 Å². The summed E-state index contributed by atoms with van der Waals surface area (Å²) in [6.45, 7) is 0. The molecule has 0 fully saturated rings. The first-order chi connectivity index (χ1) is 12.9. The lowest BCUT2D eigenvalue weighted by Crippen LogP contribution is -2.13. The highest BCUT2D eigenvalue weighted by Crippen LogP contribution is 2.47. The van der Waals surface area contributed by atoms with E-state index in [1.165, 1.54) is 23.9 Å². The van der Waals surface area contributed by atoms with Crippen LogP contribution in [0.1, 0.15) is 0 Å². The summed E-state index contributed by atoms with van der Waals surface area (Å²) >= 11 is 1.49. The lowest BCUT2D eigenvalue weighted by Gasteiger charge is -2.20. The summed E-state index contributed by atoms with van der Waals surface area (Å²) in [6.07, 6.45) is 0. The van der Waals surface area contributed by atoms with E-state index in [9.17, 15) is 18.5 Å². The third-order valence-corrected chi connectivity index (χ3v) is 6.34. The molecule has 1 heterocycles. The molecule has 7 nitrogen and oxygen atoms in total. The fourth-order valence-electron chi connectivity index (χ4n) is 2.55. The molecule has 0 spiro atoms. The highest BCUT2D eigenvalue weighted by molar-refractivity contribution is 7.99. The summed E-state index contributed by atoms with van der Waals surface area (Å²) in [7, 11) is -3.87. The first kappa shape index (κ1) is 17.4. The average Bonchev–Trinajstić information content (AvgIpc) is 2.66. The first-order valence-electron chi connectivity index (χ1n) is 7.78. The molecule has 0 unspecified atom stereocenters.